The maximum absolute atomic E-state index is 11.9. The lowest BCUT2D eigenvalue weighted by Crippen LogP contribution is -2.69. The molecule has 36 heavy (non-hydrogen) atoms. The Morgan fingerprint density at radius 1 is 0.694 bits per heavy atom. The number of nitrogens with one attached hydrogen (secondary N) is 1. The monoisotopic (exact) mass is 527 g/mol. The minimum atomic E-state index is -1.78. The maximum Gasteiger partial charge on any atom is 0.217 e. The molecule has 0 bridgehead atoms. The zero-order chi connectivity index (χ0) is 26.9. The summed E-state index contributed by atoms with van der Waals surface area (Å²) in [7, 11) is 0. The van der Waals surface area contributed by atoms with Gasteiger partial charge in [0, 0.05) is 6.92 Å². The summed E-state index contributed by atoms with van der Waals surface area (Å²) in [6.45, 7) is 2.95. The molecular formula is C21H37NO14. The summed E-state index contributed by atoms with van der Waals surface area (Å²) in [5.41, 5.74) is 0. The van der Waals surface area contributed by atoms with Crippen molar-refractivity contribution < 1.29 is 69.3 Å². The largest absolute Gasteiger partial charge is 0.394 e. The Labute approximate surface area is 207 Å². The molecule has 3 aliphatic heterocycles. The fourth-order valence-electron chi connectivity index (χ4n) is 4.64. The van der Waals surface area contributed by atoms with E-state index in [2.05, 4.69) is 5.32 Å². The topological polar surface area (TPSA) is 237 Å². The standard InChI is InChI=1S/C21H37NO14/c1-6-11(22-8(3)25)19(36-20-16(30)14(28)12(26)7(2)33-20)18(10(5-24)32-6)35-21-17(31)15(29)13(27)9(4-23)34-21/h6-7,9-21,23-24,26-31H,4-5H2,1-3H3,(H,22,25)/t6-,7?,9?,10?,11?,12-,13-,14+,15-,16?,17?,18-,19+,20-,21-/m0/s1. The minimum Gasteiger partial charge on any atom is -0.394 e. The van der Waals surface area contributed by atoms with Crippen LogP contribution in [0.4, 0.5) is 0 Å². The van der Waals surface area contributed by atoms with Gasteiger partial charge in [-0.2, -0.15) is 0 Å². The van der Waals surface area contributed by atoms with Crippen LogP contribution in [0.25, 0.3) is 0 Å². The molecule has 210 valence electrons. The number of aliphatic hydroxyl groups is 8. The number of carbonyl (C=O) groups is 1. The van der Waals surface area contributed by atoms with E-state index in [1.807, 2.05) is 0 Å². The lowest BCUT2D eigenvalue weighted by molar-refractivity contribution is -0.360. The number of hydrogen-bond donors (Lipinski definition) is 9. The van der Waals surface area contributed by atoms with Gasteiger partial charge in [-0.1, -0.05) is 0 Å². The van der Waals surface area contributed by atoms with E-state index in [1.54, 1.807) is 6.92 Å². The lowest BCUT2D eigenvalue weighted by atomic mass is 9.92. The molecule has 3 fully saturated rings. The quantitative estimate of drug-likeness (QED) is 0.150. The Hall–Kier alpha value is -1.05. The summed E-state index contributed by atoms with van der Waals surface area (Å²) in [4.78, 5) is 11.9. The third-order valence-electron chi connectivity index (χ3n) is 6.73. The zero-order valence-electron chi connectivity index (χ0n) is 20.1. The minimum absolute atomic E-state index is 0.480. The molecule has 0 spiro atoms. The summed E-state index contributed by atoms with van der Waals surface area (Å²) in [5.74, 6) is -0.480. The number of aliphatic hydroxyl groups excluding tert-OH is 8. The fraction of sp³-hybridized carbons (Fsp3) is 0.952. The summed E-state index contributed by atoms with van der Waals surface area (Å²) in [5, 5.41) is 83.4. The molecule has 0 aromatic carbocycles. The SMILES string of the molecule is CC(=O)NC1[C@H](C)OC(CO)[C@H](O[C@@H]2OC(CO)[C@H](O)[C@H](O)C2O)[C@@H]1O[C@@H]1OC(C)[C@H](O)[C@@H](O)C1O. The van der Waals surface area contributed by atoms with Crippen molar-refractivity contribution in [3.63, 3.8) is 0 Å². The molecule has 15 atom stereocenters. The van der Waals surface area contributed by atoms with E-state index in [4.69, 9.17) is 23.7 Å². The van der Waals surface area contributed by atoms with Crippen LogP contribution in [-0.4, -0.2) is 152 Å². The van der Waals surface area contributed by atoms with Gasteiger partial charge in [0.15, 0.2) is 12.6 Å². The van der Waals surface area contributed by atoms with E-state index in [1.165, 1.54) is 13.8 Å². The van der Waals surface area contributed by atoms with Gasteiger partial charge in [0.1, 0.15) is 61.0 Å². The van der Waals surface area contributed by atoms with Crippen LogP contribution in [-0.2, 0) is 28.5 Å². The molecule has 15 nitrogen and oxygen atoms in total. The van der Waals surface area contributed by atoms with E-state index in [0.717, 1.165) is 0 Å². The Kier molecular flexibility index (Phi) is 10.0. The van der Waals surface area contributed by atoms with Crippen LogP contribution >= 0.6 is 0 Å². The first-order chi connectivity index (χ1) is 16.9. The van der Waals surface area contributed by atoms with E-state index in [9.17, 15) is 45.6 Å². The van der Waals surface area contributed by atoms with E-state index >= 15 is 0 Å². The highest BCUT2D eigenvalue weighted by atomic mass is 16.7. The highest BCUT2D eigenvalue weighted by Crippen LogP contribution is 2.33. The van der Waals surface area contributed by atoms with Crippen LogP contribution in [0.2, 0.25) is 0 Å². The van der Waals surface area contributed by atoms with Crippen LogP contribution < -0.4 is 5.32 Å². The van der Waals surface area contributed by atoms with Gasteiger partial charge in [-0.25, -0.2) is 0 Å². The van der Waals surface area contributed by atoms with Crippen molar-refractivity contribution in [2.75, 3.05) is 13.2 Å². The van der Waals surface area contributed by atoms with E-state index < -0.39 is 111 Å². The first-order valence-electron chi connectivity index (χ1n) is 11.8. The maximum atomic E-state index is 11.9. The molecule has 0 aromatic rings. The van der Waals surface area contributed by atoms with Gasteiger partial charge in [-0.3, -0.25) is 4.79 Å². The van der Waals surface area contributed by atoms with Gasteiger partial charge in [-0.15, -0.1) is 0 Å². The highest BCUT2D eigenvalue weighted by molar-refractivity contribution is 5.73. The van der Waals surface area contributed by atoms with Crippen molar-refractivity contribution in [2.24, 2.45) is 0 Å². The van der Waals surface area contributed by atoms with Crippen molar-refractivity contribution in [1.82, 2.24) is 5.32 Å². The first kappa shape index (κ1) is 29.5. The van der Waals surface area contributed by atoms with Crippen LogP contribution in [0.1, 0.15) is 20.8 Å². The third kappa shape index (κ3) is 5.99. The molecule has 3 saturated heterocycles. The van der Waals surface area contributed by atoms with Gasteiger partial charge < -0.3 is 69.9 Å². The van der Waals surface area contributed by atoms with Crippen LogP contribution in [0.3, 0.4) is 0 Å². The normalized spacial score (nSPS) is 50.0. The molecule has 15 heteroatoms. The van der Waals surface area contributed by atoms with Gasteiger partial charge >= 0.3 is 0 Å². The van der Waals surface area contributed by atoms with Gasteiger partial charge in [0.2, 0.25) is 5.91 Å². The molecular weight excluding hydrogens is 490 g/mol. The number of ether oxygens (including phenoxy) is 5. The van der Waals surface area contributed by atoms with Crippen molar-refractivity contribution in [3.05, 3.63) is 0 Å². The summed E-state index contributed by atoms with van der Waals surface area (Å²) >= 11 is 0. The predicted octanol–water partition coefficient (Wildman–Crippen LogP) is -5.33. The van der Waals surface area contributed by atoms with E-state index in [-0.39, 0.29) is 0 Å². The number of carbonyl (C=O) groups excluding carboxylic acids is 1. The molecule has 3 aliphatic rings. The number of rotatable bonds is 7. The van der Waals surface area contributed by atoms with Gasteiger partial charge in [-0.05, 0) is 13.8 Å². The van der Waals surface area contributed by atoms with Crippen LogP contribution in [0.15, 0.2) is 0 Å². The van der Waals surface area contributed by atoms with Crippen molar-refractivity contribution in [1.29, 1.82) is 0 Å². The Morgan fingerprint density at radius 3 is 1.78 bits per heavy atom. The Bertz CT molecular complexity index is 729. The molecule has 0 radical (unpaired) electrons. The molecule has 6 unspecified atom stereocenters. The average molecular weight is 528 g/mol. The molecule has 9 N–H and O–H groups in total. The smallest absolute Gasteiger partial charge is 0.217 e. The van der Waals surface area contributed by atoms with Gasteiger partial charge in [0.05, 0.1) is 31.5 Å². The summed E-state index contributed by atoms with van der Waals surface area (Å²) in [6.07, 6.45) is -19.7. The average Bonchev–Trinajstić information content (AvgIpc) is 2.84. The molecule has 1 amide bonds. The predicted molar refractivity (Wildman–Crippen MR) is 115 cm³/mol. The van der Waals surface area contributed by atoms with Gasteiger partial charge in [0.25, 0.3) is 0 Å². The molecule has 0 aromatic heterocycles. The van der Waals surface area contributed by atoms with E-state index in [0.29, 0.717) is 0 Å². The lowest BCUT2D eigenvalue weighted by Gasteiger charge is -2.50. The van der Waals surface area contributed by atoms with Crippen molar-refractivity contribution >= 4 is 5.91 Å². The van der Waals surface area contributed by atoms with Crippen molar-refractivity contribution in [3.8, 4) is 0 Å². The first-order valence-corrected chi connectivity index (χ1v) is 11.8. The second kappa shape index (κ2) is 12.2. The van der Waals surface area contributed by atoms with Crippen LogP contribution in [0, 0.1) is 0 Å². The summed E-state index contributed by atoms with van der Waals surface area (Å²) in [6, 6.07) is -0.963. The Balaban J connectivity index is 1.92. The fourth-order valence-corrected chi connectivity index (χ4v) is 4.64. The van der Waals surface area contributed by atoms with Crippen LogP contribution in [0.5, 0.6) is 0 Å². The second-order valence-corrected chi connectivity index (χ2v) is 9.37. The molecule has 0 aliphatic carbocycles. The highest BCUT2D eigenvalue weighted by Gasteiger charge is 2.53. The second-order valence-electron chi connectivity index (χ2n) is 9.37. The zero-order valence-corrected chi connectivity index (χ0v) is 20.1. The molecule has 3 heterocycles. The third-order valence-corrected chi connectivity index (χ3v) is 6.73. The molecule has 3 rings (SSSR count). The number of amides is 1. The Morgan fingerprint density at radius 2 is 1.22 bits per heavy atom. The molecule has 0 saturated carbocycles. The number of hydrogen-bond acceptors (Lipinski definition) is 14. The summed E-state index contributed by atoms with van der Waals surface area (Å²) < 4.78 is 28.5. The van der Waals surface area contributed by atoms with Crippen molar-refractivity contribution in [2.45, 2.75) is 113 Å².